The summed E-state index contributed by atoms with van der Waals surface area (Å²) in [6, 6.07) is 12.7. The highest BCUT2D eigenvalue weighted by Gasteiger charge is 2.52. The lowest BCUT2D eigenvalue weighted by atomic mass is 9.88. The van der Waals surface area contributed by atoms with Crippen LogP contribution in [0.3, 0.4) is 0 Å². The van der Waals surface area contributed by atoms with Crippen LogP contribution in [0.15, 0.2) is 59.5 Å². The molecule has 1 saturated heterocycles. The molecule has 1 fully saturated rings. The second-order valence-electron chi connectivity index (χ2n) is 11.3. The molecule has 0 radical (unpaired) electrons. The standard InChI is InChI=1S/C30H32Cl2FN3O5S/c1-29(38,18-35-12-10-34(2)11-13-35)21-14-24-27(25(33)15-21)30(39,20-5-8-22(31)9-6-20)36(28(24)37)17-19-4-7-23(32)16-26(19)42(3,40)41/h4-9,14-16,38-39H,10-13,17-18H2,1-3H3/t29?,30-/m1/s1. The Bertz CT molecular complexity index is 1640. The number of fused-ring (bicyclic) bond motifs is 1. The predicted octanol–water partition coefficient (Wildman–Crippen LogP) is 3.84. The Morgan fingerprint density at radius 1 is 1.00 bits per heavy atom. The number of aliphatic hydroxyl groups is 2. The highest BCUT2D eigenvalue weighted by atomic mass is 35.5. The summed E-state index contributed by atoms with van der Waals surface area (Å²) in [6.45, 7) is 4.53. The molecule has 2 N–H and O–H groups in total. The molecular weight excluding hydrogens is 604 g/mol. The van der Waals surface area contributed by atoms with Gasteiger partial charge >= 0.3 is 0 Å². The second-order valence-corrected chi connectivity index (χ2v) is 14.2. The average molecular weight is 637 g/mol. The zero-order valence-corrected chi connectivity index (χ0v) is 25.8. The van der Waals surface area contributed by atoms with E-state index in [1.807, 2.05) is 7.05 Å². The number of likely N-dealkylation sites (N-methyl/N-ethyl adjacent to an activating group) is 1. The van der Waals surface area contributed by atoms with Crippen molar-refractivity contribution >= 4 is 38.9 Å². The summed E-state index contributed by atoms with van der Waals surface area (Å²) in [7, 11) is -1.76. The Labute approximate surface area is 254 Å². The van der Waals surface area contributed by atoms with Crippen molar-refractivity contribution in [1.29, 1.82) is 0 Å². The van der Waals surface area contributed by atoms with E-state index < -0.39 is 32.9 Å². The minimum Gasteiger partial charge on any atom is -0.384 e. The zero-order valence-electron chi connectivity index (χ0n) is 23.4. The maximum absolute atomic E-state index is 16.2. The van der Waals surface area contributed by atoms with E-state index in [1.54, 1.807) is 6.92 Å². The van der Waals surface area contributed by atoms with Crippen LogP contribution in [0.1, 0.15) is 39.5 Å². The highest BCUT2D eigenvalue weighted by molar-refractivity contribution is 7.90. The molecule has 3 aromatic rings. The number of β-amino-alcohol motifs (C(OH)–C–C–N with tert-alkyl or cyclic N) is 1. The number of hydrogen-bond donors (Lipinski definition) is 2. The number of piperazine rings is 1. The predicted molar refractivity (Wildman–Crippen MR) is 159 cm³/mol. The van der Waals surface area contributed by atoms with Crippen LogP contribution >= 0.6 is 23.2 Å². The van der Waals surface area contributed by atoms with Crippen molar-refractivity contribution in [3.8, 4) is 0 Å². The van der Waals surface area contributed by atoms with Gasteiger partial charge in [0.2, 0.25) is 0 Å². The topological polar surface area (TPSA) is 101 Å². The van der Waals surface area contributed by atoms with Crippen LogP contribution in [0.25, 0.3) is 0 Å². The number of benzene rings is 3. The number of carbonyl (C=O) groups is 1. The summed E-state index contributed by atoms with van der Waals surface area (Å²) in [4.78, 5) is 19.2. The fraction of sp³-hybridized carbons (Fsp3) is 0.367. The van der Waals surface area contributed by atoms with Crippen LogP contribution in [0.5, 0.6) is 0 Å². The van der Waals surface area contributed by atoms with Gasteiger partial charge in [-0.3, -0.25) is 14.6 Å². The molecule has 2 aliphatic heterocycles. The van der Waals surface area contributed by atoms with E-state index in [0.717, 1.165) is 43.4 Å². The zero-order chi connectivity index (χ0) is 30.6. The van der Waals surface area contributed by atoms with Crippen LogP contribution in [0, 0.1) is 5.82 Å². The third kappa shape index (κ3) is 5.69. The van der Waals surface area contributed by atoms with Crippen molar-refractivity contribution in [1.82, 2.24) is 14.7 Å². The maximum atomic E-state index is 16.2. The molecule has 0 bridgehead atoms. The maximum Gasteiger partial charge on any atom is 0.257 e. The molecule has 0 aliphatic carbocycles. The molecule has 1 amide bonds. The summed E-state index contributed by atoms with van der Waals surface area (Å²) in [5.41, 5.74) is -3.69. The number of amides is 1. The normalized spacial score (nSPS) is 21.4. The van der Waals surface area contributed by atoms with Gasteiger partial charge in [0.1, 0.15) is 5.82 Å². The van der Waals surface area contributed by atoms with Gasteiger partial charge in [-0.1, -0.05) is 41.4 Å². The monoisotopic (exact) mass is 635 g/mol. The SMILES string of the molecule is CN1CCN(CC(C)(O)c2cc(F)c3c(c2)C(=O)N(Cc2ccc(Cl)cc2S(C)(=O)=O)[C@@]3(O)c2ccc(Cl)cc2)CC1. The van der Waals surface area contributed by atoms with Gasteiger partial charge in [0, 0.05) is 54.6 Å². The fourth-order valence-corrected chi connectivity index (χ4v) is 7.06. The van der Waals surface area contributed by atoms with Crippen molar-refractivity contribution < 1.29 is 27.8 Å². The number of nitrogens with zero attached hydrogens (tertiary/aromatic N) is 3. The second kappa shape index (κ2) is 11.2. The fourth-order valence-electron chi connectivity index (χ4n) is 5.74. The third-order valence-electron chi connectivity index (χ3n) is 8.06. The molecule has 0 saturated carbocycles. The van der Waals surface area contributed by atoms with E-state index in [2.05, 4.69) is 9.80 Å². The van der Waals surface area contributed by atoms with Gasteiger partial charge in [-0.15, -0.1) is 0 Å². The molecule has 12 heteroatoms. The van der Waals surface area contributed by atoms with E-state index in [-0.39, 0.29) is 50.8 Å². The molecule has 1 unspecified atom stereocenters. The van der Waals surface area contributed by atoms with Crippen LogP contribution in [-0.4, -0.2) is 85.3 Å². The van der Waals surface area contributed by atoms with Gasteiger partial charge in [0.15, 0.2) is 15.6 Å². The first-order valence-electron chi connectivity index (χ1n) is 13.4. The molecule has 2 atom stereocenters. The number of hydrogen-bond acceptors (Lipinski definition) is 7. The first-order chi connectivity index (χ1) is 19.6. The lowest BCUT2D eigenvalue weighted by Gasteiger charge is -2.37. The molecule has 5 rings (SSSR count). The Morgan fingerprint density at radius 2 is 1.62 bits per heavy atom. The minimum atomic E-state index is -3.78. The van der Waals surface area contributed by atoms with E-state index in [0.29, 0.717) is 5.02 Å². The van der Waals surface area contributed by atoms with Gasteiger partial charge < -0.3 is 15.1 Å². The molecule has 224 valence electrons. The lowest BCUT2D eigenvalue weighted by molar-refractivity contribution is -0.0566. The quantitative estimate of drug-likeness (QED) is 0.407. The van der Waals surface area contributed by atoms with Crippen LogP contribution < -0.4 is 0 Å². The minimum absolute atomic E-state index is 0.117. The third-order valence-corrected chi connectivity index (χ3v) is 9.72. The van der Waals surface area contributed by atoms with Crippen molar-refractivity contribution in [3.05, 3.63) is 98.3 Å². The van der Waals surface area contributed by atoms with Gasteiger partial charge in [0.05, 0.1) is 28.2 Å². The highest BCUT2D eigenvalue weighted by Crippen LogP contribution is 2.46. The Hall–Kier alpha value is -2.57. The molecule has 42 heavy (non-hydrogen) atoms. The van der Waals surface area contributed by atoms with Crippen molar-refractivity contribution in [2.45, 2.75) is 29.7 Å². The van der Waals surface area contributed by atoms with Gasteiger partial charge in [-0.2, -0.15) is 0 Å². The molecule has 0 aromatic heterocycles. The Kier molecular flexibility index (Phi) is 8.21. The number of rotatable bonds is 7. The van der Waals surface area contributed by atoms with Gasteiger partial charge in [-0.05, 0) is 61.5 Å². The van der Waals surface area contributed by atoms with Crippen molar-refractivity contribution in [3.63, 3.8) is 0 Å². The number of carbonyl (C=O) groups excluding carboxylic acids is 1. The first-order valence-corrected chi connectivity index (χ1v) is 16.0. The summed E-state index contributed by atoms with van der Waals surface area (Å²) in [5.74, 6) is -1.61. The van der Waals surface area contributed by atoms with Crippen LogP contribution in [-0.2, 0) is 27.7 Å². The molecule has 8 nitrogen and oxygen atoms in total. The number of halogens is 3. The summed E-state index contributed by atoms with van der Waals surface area (Å²) >= 11 is 12.2. The smallest absolute Gasteiger partial charge is 0.257 e. The van der Waals surface area contributed by atoms with Crippen molar-refractivity contribution in [2.75, 3.05) is 46.0 Å². The molecule has 3 aromatic carbocycles. The Morgan fingerprint density at radius 3 is 2.24 bits per heavy atom. The van der Waals surface area contributed by atoms with E-state index in [9.17, 15) is 23.4 Å². The first kappa shape index (κ1) is 30.9. The van der Waals surface area contributed by atoms with E-state index in [1.165, 1.54) is 48.5 Å². The van der Waals surface area contributed by atoms with Gasteiger partial charge in [0.25, 0.3) is 5.91 Å². The van der Waals surface area contributed by atoms with Gasteiger partial charge in [-0.25, -0.2) is 12.8 Å². The molecular formula is C30H32Cl2FN3O5S. The summed E-state index contributed by atoms with van der Waals surface area (Å²) in [6.07, 6.45) is 1.02. The number of sulfone groups is 1. The largest absolute Gasteiger partial charge is 0.384 e. The summed E-state index contributed by atoms with van der Waals surface area (Å²) < 4.78 is 41.4. The Balaban J connectivity index is 1.62. The molecule has 2 heterocycles. The average Bonchev–Trinajstić information content (AvgIpc) is 3.13. The lowest BCUT2D eigenvalue weighted by Crippen LogP contribution is -2.49. The van der Waals surface area contributed by atoms with E-state index >= 15 is 4.39 Å². The van der Waals surface area contributed by atoms with Crippen LogP contribution in [0.4, 0.5) is 4.39 Å². The molecule has 0 spiro atoms. The van der Waals surface area contributed by atoms with Crippen molar-refractivity contribution in [2.24, 2.45) is 0 Å². The van der Waals surface area contributed by atoms with Crippen LogP contribution in [0.2, 0.25) is 10.0 Å². The van der Waals surface area contributed by atoms with E-state index in [4.69, 9.17) is 23.2 Å². The molecule has 2 aliphatic rings. The summed E-state index contributed by atoms with van der Waals surface area (Å²) in [5, 5.41) is 24.3.